The molecule has 0 aliphatic rings. The first-order valence-corrected chi connectivity index (χ1v) is 5.61. The summed E-state index contributed by atoms with van der Waals surface area (Å²) < 4.78 is 4.90. The first kappa shape index (κ1) is 12.6. The van der Waals surface area contributed by atoms with Crippen LogP contribution < -0.4 is 5.32 Å². The second-order valence-corrected chi connectivity index (χ2v) is 3.87. The van der Waals surface area contributed by atoms with E-state index in [0.29, 0.717) is 13.0 Å². The van der Waals surface area contributed by atoms with E-state index in [1.807, 2.05) is 45.0 Å². The van der Waals surface area contributed by atoms with Gasteiger partial charge in [-0.05, 0) is 32.4 Å². The number of carbonyl (C=O) groups excluding carboxylic acids is 1. The Morgan fingerprint density at radius 3 is 2.75 bits per heavy atom. The average Bonchev–Trinajstić information content (AvgIpc) is 2.21. The Balaban J connectivity index is 2.48. The maximum Gasteiger partial charge on any atom is 0.307 e. The lowest BCUT2D eigenvalue weighted by molar-refractivity contribution is -0.143. The van der Waals surface area contributed by atoms with Crippen LogP contribution in [-0.2, 0) is 9.53 Å². The maximum atomic E-state index is 11.3. The highest BCUT2D eigenvalue weighted by atomic mass is 16.5. The molecule has 0 heterocycles. The molecule has 1 atom stereocenters. The van der Waals surface area contributed by atoms with Crippen LogP contribution in [0.15, 0.2) is 24.3 Å². The van der Waals surface area contributed by atoms with Crippen molar-refractivity contribution in [2.24, 2.45) is 0 Å². The van der Waals surface area contributed by atoms with Crippen molar-refractivity contribution in [1.29, 1.82) is 0 Å². The van der Waals surface area contributed by atoms with E-state index in [9.17, 15) is 4.79 Å². The summed E-state index contributed by atoms with van der Waals surface area (Å²) in [6, 6.07) is 8.11. The molecule has 16 heavy (non-hydrogen) atoms. The third-order valence-corrected chi connectivity index (χ3v) is 2.33. The summed E-state index contributed by atoms with van der Waals surface area (Å²) in [6.45, 7) is 6.27. The number of rotatable bonds is 5. The largest absolute Gasteiger partial charge is 0.466 e. The summed E-state index contributed by atoms with van der Waals surface area (Å²) in [4.78, 5) is 11.3. The Labute approximate surface area is 96.8 Å². The fraction of sp³-hybridized carbons (Fsp3) is 0.462. The minimum Gasteiger partial charge on any atom is -0.466 e. The van der Waals surface area contributed by atoms with Gasteiger partial charge in [0.1, 0.15) is 0 Å². The molecule has 0 aromatic heterocycles. The van der Waals surface area contributed by atoms with Gasteiger partial charge in [-0.2, -0.15) is 0 Å². The summed E-state index contributed by atoms with van der Waals surface area (Å²) in [6.07, 6.45) is 0.391. The zero-order valence-corrected chi connectivity index (χ0v) is 10.1. The predicted octanol–water partition coefficient (Wildman–Crippen LogP) is 2.75. The van der Waals surface area contributed by atoms with Crippen molar-refractivity contribution in [3.05, 3.63) is 29.8 Å². The molecule has 0 aliphatic heterocycles. The zero-order chi connectivity index (χ0) is 12.0. The molecule has 0 amide bonds. The van der Waals surface area contributed by atoms with Crippen LogP contribution >= 0.6 is 0 Å². The molecule has 1 aromatic carbocycles. The number of hydrogen-bond donors (Lipinski definition) is 1. The first-order chi connectivity index (χ1) is 7.63. The predicted molar refractivity (Wildman–Crippen MR) is 65.5 cm³/mol. The van der Waals surface area contributed by atoms with E-state index >= 15 is 0 Å². The minimum absolute atomic E-state index is 0.0835. The van der Waals surface area contributed by atoms with Gasteiger partial charge in [0, 0.05) is 11.7 Å². The Kier molecular flexibility index (Phi) is 4.83. The number of carbonyl (C=O) groups is 1. The van der Waals surface area contributed by atoms with Crippen molar-refractivity contribution >= 4 is 11.7 Å². The van der Waals surface area contributed by atoms with Crippen molar-refractivity contribution in [3.8, 4) is 0 Å². The normalized spacial score (nSPS) is 11.9. The molecular weight excluding hydrogens is 202 g/mol. The highest BCUT2D eigenvalue weighted by Gasteiger charge is 2.10. The minimum atomic E-state index is -0.156. The van der Waals surface area contributed by atoms with E-state index < -0.39 is 0 Å². The third-order valence-electron chi connectivity index (χ3n) is 2.33. The number of para-hydroxylation sites is 1. The Morgan fingerprint density at radius 1 is 1.44 bits per heavy atom. The van der Waals surface area contributed by atoms with Crippen LogP contribution in [0.1, 0.15) is 25.8 Å². The lowest BCUT2D eigenvalue weighted by Gasteiger charge is -2.16. The van der Waals surface area contributed by atoms with Gasteiger partial charge in [0.2, 0.25) is 0 Å². The molecule has 1 aromatic rings. The molecule has 88 valence electrons. The molecule has 3 heteroatoms. The van der Waals surface area contributed by atoms with Crippen molar-refractivity contribution in [1.82, 2.24) is 0 Å². The number of ether oxygens (including phenoxy) is 1. The summed E-state index contributed by atoms with van der Waals surface area (Å²) in [5, 5.41) is 3.30. The van der Waals surface area contributed by atoms with Gasteiger partial charge in [-0.1, -0.05) is 18.2 Å². The molecule has 3 nitrogen and oxygen atoms in total. The number of esters is 1. The van der Waals surface area contributed by atoms with Crippen LogP contribution in [-0.4, -0.2) is 18.6 Å². The van der Waals surface area contributed by atoms with Gasteiger partial charge in [0.05, 0.1) is 13.0 Å². The van der Waals surface area contributed by atoms with E-state index in [0.717, 1.165) is 5.69 Å². The van der Waals surface area contributed by atoms with Crippen LogP contribution in [0.2, 0.25) is 0 Å². The quantitative estimate of drug-likeness (QED) is 0.777. The molecule has 0 radical (unpaired) electrons. The smallest absolute Gasteiger partial charge is 0.307 e. The van der Waals surface area contributed by atoms with Crippen LogP contribution in [0.25, 0.3) is 0 Å². The van der Waals surface area contributed by atoms with Crippen molar-refractivity contribution in [2.45, 2.75) is 33.2 Å². The molecule has 0 saturated heterocycles. The first-order valence-electron chi connectivity index (χ1n) is 5.61. The standard InChI is InChI=1S/C13H19NO2/c1-4-16-13(15)9-11(3)14-12-8-6-5-7-10(12)2/h5-8,11,14H,4,9H2,1-3H3. The summed E-state index contributed by atoms with van der Waals surface area (Å²) >= 11 is 0. The molecule has 1 rings (SSSR count). The van der Waals surface area contributed by atoms with Crippen LogP contribution in [0, 0.1) is 6.92 Å². The van der Waals surface area contributed by atoms with E-state index in [4.69, 9.17) is 4.74 Å². The second kappa shape index (κ2) is 6.16. The maximum absolute atomic E-state index is 11.3. The van der Waals surface area contributed by atoms with Crippen molar-refractivity contribution in [2.75, 3.05) is 11.9 Å². The summed E-state index contributed by atoms with van der Waals surface area (Å²) in [5.41, 5.74) is 2.25. The molecular formula is C13H19NO2. The van der Waals surface area contributed by atoms with Gasteiger partial charge in [-0.3, -0.25) is 4.79 Å². The Hall–Kier alpha value is -1.51. The van der Waals surface area contributed by atoms with Crippen LogP contribution in [0.3, 0.4) is 0 Å². The zero-order valence-electron chi connectivity index (χ0n) is 10.1. The number of nitrogens with one attached hydrogen (secondary N) is 1. The number of aryl methyl sites for hydroxylation is 1. The van der Waals surface area contributed by atoms with E-state index in [1.54, 1.807) is 0 Å². The fourth-order valence-electron chi connectivity index (χ4n) is 1.52. The highest BCUT2D eigenvalue weighted by Crippen LogP contribution is 2.15. The van der Waals surface area contributed by atoms with Crippen molar-refractivity contribution in [3.63, 3.8) is 0 Å². The third kappa shape index (κ3) is 3.93. The van der Waals surface area contributed by atoms with Gasteiger partial charge in [0.15, 0.2) is 0 Å². The van der Waals surface area contributed by atoms with Crippen molar-refractivity contribution < 1.29 is 9.53 Å². The van der Waals surface area contributed by atoms with Crippen LogP contribution in [0.5, 0.6) is 0 Å². The lowest BCUT2D eigenvalue weighted by atomic mass is 10.1. The summed E-state index contributed by atoms with van der Waals surface area (Å²) in [7, 11) is 0. The molecule has 0 spiro atoms. The molecule has 1 N–H and O–H groups in total. The van der Waals surface area contributed by atoms with Gasteiger partial charge < -0.3 is 10.1 Å². The van der Waals surface area contributed by atoms with Gasteiger partial charge >= 0.3 is 5.97 Å². The summed E-state index contributed by atoms with van der Waals surface area (Å²) in [5.74, 6) is -0.156. The average molecular weight is 221 g/mol. The van der Waals surface area contributed by atoms with Crippen LogP contribution in [0.4, 0.5) is 5.69 Å². The highest BCUT2D eigenvalue weighted by molar-refractivity contribution is 5.70. The molecule has 1 unspecified atom stereocenters. The number of anilines is 1. The van der Waals surface area contributed by atoms with Gasteiger partial charge in [0.25, 0.3) is 0 Å². The van der Waals surface area contributed by atoms with E-state index in [1.165, 1.54) is 5.56 Å². The molecule has 0 aliphatic carbocycles. The molecule has 0 saturated carbocycles. The monoisotopic (exact) mass is 221 g/mol. The number of benzene rings is 1. The number of hydrogen-bond acceptors (Lipinski definition) is 3. The Morgan fingerprint density at radius 2 is 2.12 bits per heavy atom. The van der Waals surface area contributed by atoms with Gasteiger partial charge in [-0.15, -0.1) is 0 Å². The molecule has 0 fully saturated rings. The fourth-order valence-corrected chi connectivity index (χ4v) is 1.52. The Bertz CT molecular complexity index is 350. The van der Waals surface area contributed by atoms with E-state index in [-0.39, 0.29) is 12.0 Å². The van der Waals surface area contributed by atoms with Gasteiger partial charge in [-0.25, -0.2) is 0 Å². The molecule has 0 bridgehead atoms. The topological polar surface area (TPSA) is 38.3 Å². The lowest BCUT2D eigenvalue weighted by Crippen LogP contribution is -2.21. The van der Waals surface area contributed by atoms with E-state index in [2.05, 4.69) is 5.32 Å². The second-order valence-electron chi connectivity index (χ2n) is 3.87. The SMILES string of the molecule is CCOC(=O)CC(C)Nc1ccccc1C.